The van der Waals surface area contributed by atoms with Crippen LogP contribution in [-0.2, 0) is 6.54 Å². The van der Waals surface area contributed by atoms with Crippen LogP contribution in [0.15, 0.2) is 40.9 Å². The monoisotopic (exact) mass is 355 g/mol. The highest BCUT2D eigenvalue weighted by atomic mass is 79.9. The van der Waals surface area contributed by atoms with Crippen LogP contribution in [0, 0.1) is 11.6 Å². The molecule has 21 heavy (non-hydrogen) atoms. The molecule has 0 spiro atoms. The Hall–Kier alpha value is -1.46. The van der Waals surface area contributed by atoms with E-state index in [1.165, 1.54) is 12.1 Å². The second kappa shape index (κ2) is 7.52. The van der Waals surface area contributed by atoms with Gasteiger partial charge in [0, 0.05) is 22.6 Å². The first-order valence-electron chi connectivity index (χ1n) is 6.72. The fraction of sp³-hybridized carbons (Fsp3) is 0.250. The maximum Gasteiger partial charge on any atom is 0.168 e. The highest BCUT2D eigenvalue weighted by Crippen LogP contribution is 2.30. The van der Waals surface area contributed by atoms with Gasteiger partial charge in [-0.05, 0) is 37.2 Å². The Morgan fingerprint density at radius 1 is 1.10 bits per heavy atom. The minimum Gasteiger partial charge on any atom is -0.454 e. The van der Waals surface area contributed by atoms with Crippen molar-refractivity contribution < 1.29 is 13.5 Å². The van der Waals surface area contributed by atoms with Crippen LogP contribution in [0.25, 0.3) is 0 Å². The Labute approximate surface area is 131 Å². The minimum absolute atomic E-state index is 0.00578. The number of ether oxygens (including phenoxy) is 1. The van der Waals surface area contributed by atoms with E-state index in [1.54, 1.807) is 6.07 Å². The standard InChI is InChI=1S/C16H16BrF2NO/c1-2-7-20-10-11-3-4-12(17)8-16(11)21-15-6-5-13(18)9-14(15)19/h3-6,8-9,20H,2,7,10H2,1H3. The van der Waals surface area contributed by atoms with Crippen LogP contribution in [0.4, 0.5) is 8.78 Å². The summed E-state index contributed by atoms with van der Waals surface area (Å²) < 4.78 is 33.0. The number of benzene rings is 2. The summed E-state index contributed by atoms with van der Waals surface area (Å²) in [5.74, 6) is -0.800. The van der Waals surface area contributed by atoms with E-state index in [0.717, 1.165) is 29.1 Å². The minimum atomic E-state index is -0.720. The highest BCUT2D eigenvalue weighted by molar-refractivity contribution is 9.10. The van der Waals surface area contributed by atoms with Crippen LogP contribution in [0.2, 0.25) is 0 Å². The maximum absolute atomic E-state index is 13.7. The zero-order valence-electron chi connectivity index (χ0n) is 11.6. The zero-order chi connectivity index (χ0) is 15.2. The number of rotatable bonds is 6. The third-order valence-electron chi connectivity index (χ3n) is 2.89. The van der Waals surface area contributed by atoms with E-state index < -0.39 is 11.6 Å². The molecule has 0 radical (unpaired) electrons. The van der Waals surface area contributed by atoms with Gasteiger partial charge in [-0.15, -0.1) is 0 Å². The summed E-state index contributed by atoms with van der Waals surface area (Å²) in [5, 5.41) is 3.27. The van der Waals surface area contributed by atoms with Crippen molar-refractivity contribution in [2.75, 3.05) is 6.54 Å². The van der Waals surface area contributed by atoms with Gasteiger partial charge >= 0.3 is 0 Å². The number of nitrogens with one attached hydrogen (secondary N) is 1. The smallest absolute Gasteiger partial charge is 0.168 e. The fourth-order valence-corrected chi connectivity index (χ4v) is 2.19. The Balaban J connectivity index is 2.22. The average Bonchev–Trinajstić information content (AvgIpc) is 2.44. The molecule has 0 aliphatic heterocycles. The van der Waals surface area contributed by atoms with E-state index in [9.17, 15) is 8.78 Å². The molecule has 0 amide bonds. The van der Waals surface area contributed by atoms with E-state index in [-0.39, 0.29) is 5.75 Å². The van der Waals surface area contributed by atoms with Gasteiger partial charge in [-0.2, -0.15) is 0 Å². The van der Waals surface area contributed by atoms with Crippen molar-refractivity contribution in [1.82, 2.24) is 5.32 Å². The number of hydrogen-bond acceptors (Lipinski definition) is 2. The molecule has 1 N–H and O–H groups in total. The average molecular weight is 356 g/mol. The lowest BCUT2D eigenvalue weighted by Crippen LogP contribution is -2.14. The first-order chi connectivity index (χ1) is 10.1. The van der Waals surface area contributed by atoms with Gasteiger partial charge in [-0.3, -0.25) is 0 Å². The molecule has 0 saturated heterocycles. The quantitative estimate of drug-likeness (QED) is 0.734. The predicted octanol–water partition coefficient (Wildman–Crippen LogP) is 5.02. The van der Waals surface area contributed by atoms with Crippen LogP contribution >= 0.6 is 15.9 Å². The van der Waals surface area contributed by atoms with Gasteiger partial charge in [-0.25, -0.2) is 8.78 Å². The van der Waals surface area contributed by atoms with E-state index >= 15 is 0 Å². The first-order valence-corrected chi connectivity index (χ1v) is 7.51. The molecule has 0 bridgehead atoms. The molecular formula is C16H16BrF2NO. The van der Waals surface area contributed by atoms with E-state index in [0.29, 0.717) is 12.3 Å². The summed E-state index contributed by atoms with van der Waals surface area (Å²) in [7, 11) is 0. The Kier molecular flexibility index (Phi) is 5.70. The molecule has 0 aliphatic rings. The molecule has 0 atom stereocenters. The fourth-order valence-electron chi connectivity index (χ4n) is 1.85. The third-order valence-corrected chi connectivity index (χ3v) is 3.38. The third kappa shape index (κ3) is 4.51. The summed E-state index contributed by atoms with van der Waals surface area (Å²) in [6, 6.07) is 8.84. The van der Waals surface area contributed by atoms with Gasteiger partial charge in [0.05, 0.1) is 0 Å². The summed E-state index contributed by atoms with van der Waals surface area (Å²) in [4.78, 5) is 0. The molecule has 0 fully saturated rings. The van der Waals surface area contributed by atoms with Gasteiger partial charge < -0.3 is 10.1 Å². The molecule has 112 valence electrons. The number of halogens is 3. The van der Waals surface area contributed by atoms with E-state index in [4.69, 9.17) is 4.74 Å². The molecule has 5 heteroatoms. The Morgan fingerprint density at radius 3 is 2.62 bits per heavy atom. The van der Waals surface area contributed by atoms with Gasteiger partial charge in [-0.1, -0.05) is 28.9 Å². The largest absolute Gasteiger partial charge is 0.454 e. The van der Waals surface area contributed by atoms with Gasteiger partial charge in [0.15, 0.2) is 11.6 Å². The molecule has 2 nitrogen and oxygen atoms in total. The van der Waals surface area contributed by atoms with Crippen molar-refractivity contribution in [3.05, 3.63) is 58.1 Å². The SMILES string of the molecule is CCCNCc1ccc(Br)cc1Oc1ccc(F)cc1F. The van der Waals surface area contributed by atoms with Gasteiger partial charge in [0.2, 0.25) is 0 Å². The second-order valence-electron chi connectivity index (χ2n) is 4.61. The van der Waals surface area contributed by atoms with Crippen molar-refractivity contribution in [2.45, 2.75) is 19.9 Å². The lowest BCUT2D eigenvalue weighted by molar-refractivity contribution is 0.431. The molecule has 2 aromatic carbocycles. The lowest BCUT2D eigenvalue weighted by Gasteiger charge is -2.13. The molecular weight excluding hydrogens is 340 g/mol. The summed E-state index contributed by atoms with van der Waals surface area (Å²) >= 11 is 3.37. The molecule has 0 unspecified atom stereocenters. The maximum atomic E-state index is 13.7. The van der Waals surface area contributed by atoms with Crippen molar-refractivity contribution in [3.63, 3.8) is 0 Å². The normalized spacial score (nSPS) is 10.7. The van der Waals surface area contributed by atoms with E-state index in [1.807, 2.05) is 12.1 Å². The van der Waals surface area contributed by atoms with Crippen LogP contribution in [-0.4, -0.2) is 6.54 Å². The summed E-state index contributed by atoms with van der Waals surface area (Å²) in [6.45, 7) is 3.60. The second-order valence-corrected chi connectivity index (χ2v) is 5.52. The van der Waals surface area contributed by atoms with Crippen molar-refractivity contribution in [2.24, 2.45) is 0 Å². The summed E-state index contributed by atoms with van der Waals surface area (Å²) in [5.41, 5.74) is 0.912. The lowest BCUT2D eigenvalue weighted by atomic mass is 10.2. The first kappa shape index (κ1) is 15.9. The molecule has 0 heterocycles. The predicted molar refractivity (Wildman–Crippen MR) is 82.6 cm³/mol. The topological polar surface area (TPSA) is 21.3 Å². The van der Waals surface area contributed by atoms with Crippen molar-refractivity contribution in [1.29, 1.82) is 0 Å². The van der Waals surface area contributed by atoms with Gasteiger partial charge in [0.1, 0.15) is 11.6 Å². The van der Waals surface area contributed by atoms with Crippen molar-refractivity contribution in [3.8, 4) is 11.5 Å². The molecule has 0 aliphatic carbocycles. The van der Waals surface area contributed by atoms with Gasteiger partial charge in [0.25, 0.3) is 0 Å². The highest BCUT2D eigenvalue weighted by Gasteiger charge is 2.10. The molecule has 0 saturated carbocycles. The number of hydrogen-bond donors (Lipinski definition) is 1. The van der Waals surface area contributed by atoms with Crippen LogP contribution < -0.4 is 10.1 Å². The van der Waals surface area contributed by atoms with Crippen LogP contribution in [0.1, 0.15) is 18.9 Å². The Bertz CT molecular complexity index is 619. The van der Waals surface area contributed by atoms with Crippen LogP contribution in [0.3, 0.4) is 0 Å². The molecule has 0 aromatic heterocycles. The molecule has 2 rings (SSSR count). The van der Waals surface area contributed by atoms with E-state index in [2.05, 4.69) is 28.2 Å². The summed E-state index contributed by atoms with van der Waals surface area (Å²) in [6.07, 6.45) is 1.03. The van der Waals surface area contributed by atoms with Crippen LogP contribution in [0.5, 0.6) is 11.5 Å². The Morgan fingerprint density at radius 2 is 1.90 bits per heavy atom. The van der Waals surface area contributed by atoms with Crippen molar-refractivity contribution >= 4 is 15.9 Å². The zero-order valence-corrected chi connectivity index (χ0v) is 13.2. The molecule has 2 aromatic rings.